The molecule has 0 aliphatic carbocycles. The third-order valence-corrected chi connectivity index (χ3v) is 6.20. The Hall–Kier alpha value is -2.15. The number of benzene rings is 1. The van der Waals surface area contributed by atoms with Crippen molar-refractivity contribution in [1.29, 1.82) is 0 Å². The average molecular weight is 374 g/mol. The summed E-state index contributed by atoms with van der Waals surface area (Å²) >= 11 is 0. The van der Waals surface area contributed by atoms with Gasteiger partial charge in [-0.15, -0.1) is 0 Å². The number of fused-ring (bicyclic) bond motifs is 3. The van der Waals surface area contributed by atoms with Gasteiger partial charge in [-0.05, 0) is 50.3 Å². The number of likely N-dealkylation sites (tertiary alicyclic amines) is 1. The lowest BCUT2D eigenvalue weighted by Crippen LogP contribution is -2.65. The highest BCUT2D eigenvalue weighted by Gasteiger charge is 2.39. The van der Waals surface area contributed by atoms with E-state index >= 15 is 0 Å². The van der Waals surface area contributed by atoms with Crippen molar-refractivity contribution in [2.45, 2.75) is 56.8 Å². The van der Waals surface area contributed by atoms with Crippen LogP contribution in [0.5, 0.6) is 0 Å². The van der Waals surface area contributed by atoms with Gasteiger partial charge >= 0.3 is 6.03 Å². The lowest BCUT2D eigenvalue weighted by Gasteiger charge is -2.46. The smallest absolute Gasteiger partial charge is 0.318 e. The highest BCUT2D eigenvalue weighted by atomic mass is 19.1. The fourth-order valence-corrected chi connectivity index (χ4v) is 4.53. The van der Waals surface area contributed by atoms with Gasteiger partial charge in [-0.25, -0.2) is 9.18 Å². The molecule has 4 atom stereocenters. The van der Waals surface area contributed by atoms with Gasteiger partial charge in [-0.2, -0.15) is 0 Å². The first-order chi connectivity index (χ1) is 13.0. The molecule has 0 radical (unpaired) electrons. The van der Waals surface area contributed by atoms with E-state index in [0.29, 0.717) is 25.6 Å². The number of piperidine rings is 3. The van der Waals surface area contributed by atoms with Gasteiger partial charge in [0, 0.05) is 31.7 Å². The Morgan fingerprint density at radius 2 is 2.04 bits per heavy atom. The zero-order valence-corrected chi connectivity index (χ0v) is 15.7. The van der Waals surface area contributed by atoms with E-state index in [1.807, 2.05) is 11.8 Å². The summed E-state index contributed by atoms with van der Waals surface area (Å²) in [6.45, 7) is 4.16. The number of nitrogens with one attached hydrogen (secondary N) is 2. The molecule has 1 aromatic carbocycles. The molecule has 0 aromatic heterocycles. The van der Waals surface area contributed by atoms with Gasteiger partial charge < -0.3 is 20.4 Å². The van der Waals surface area contributed by atoms with E-state index in [1.165, 1.54) is 12.1 Å². The number of hydrogen-bond donors (Lipinski definition) is 2. The lowest BCUT2D eigenvalue weighted by atomic mass is 9.93. The first-order valence-electron chi connectivity index (χ1n) is 9.89. The van der Waals surface area contributed by atoms with Gasteiger partial charge in [0.15, 0.2) is 0 Å². The van der Waals surface area contributed by atoms with Gasteiger partial charge in [0.25, 0.3) is 0 Å². The number of carbonyl (C=O) groups excluding carboxylic acids is 2. The molecule has 4 fully saturated rings. The Morgan fingerprint density at radius 1 is 1.26 bits per heavy atom. The zero-order chi connectivity index (χ0) is 19.0. The molecule has 6 nitrogen and oxygen atoms in total. The molecule has 1 aromatic rings. The number of amides is 3. The van der Waals surface area contributed by atoms with Gasteiger partial charge in [0.2, 0.25) is 5.91 Å². The summed E-state index contributed by atoms with van der Waals surface area (Å²) in [6.07, 6.45) is 3.64. The molecule has 3 amide bonds. The maximum atomic E-state index is 13.2. The highest BCUT2D eigenvalue weighted by molar-refractivity contribution is 5.88. The van der Waals surface area contributed by atoms with Crippen LogP contribution in [-0.4, -0.2) is 59.5 Å². The Balaban J connectivity index is 1.41. The summed E-state index contributed by atoms with van der Waals surface area (Å²) in [5.74, 6) is -0.335. The van der Waals surface area contributed by atoms with Crippen LogP contribution in [0.3, 0.4) is 0 Å². The van der Waals surface area contributed by atoms with E-state index in [2.05, 4.69) is 10.6 Å². The number of urea groups is 1. The Kier molecular flexibility index (Phi) is 5.04. The Morgan fingerprint density at radius 3 is 2.67 bits per heavy atom. The molecule has 4 aliphatic rings. The fraction of sp³-hybridized carbons (Fsp3) is 0.600. The quantitative estimate of drug-likeness (QED) is 0.851. The summed E-state index contributed by atoms with van der Waals surface area (Å²) in [7, 11) is 0. The number of nitrogens with zero attached hydrogens (tertiary/aromatic N) is 2. The van der Waals surface area contributed by atoms with Crippen molar-refractivity contribution in [2.75, 3.05) is 19.6 Å². The minimum absolute atomic E-state index is 0.0493. The molecule has 4 aliphatic heterocycles. The minimum Gasteiger partial charge on any atom is -0.334 e. The van der Waals surface area contributed by atoms with Crippen molar-refractivity contribution in [3.05, 3.63) is 35.6 Å². The maximum Gasteiger partial charge on any atom is 0.318 e. The summed E-state index contributed by atoms with van der Waals surface area (Å²) in [5, 5.41) is 6.41. The number of rotatable bonds is 3. The second-order valence-corrected chi connectivity index (χ2v) is 7.89. The Labute approximate surface area is 159 Å². The summed E-state index contributed by atoms with van der Waals surface area (Å²) in [4.78, 5) is 29.4. The number of carbonyl (C=O) groups is 2. The summed E-state index contributed by atoms with van der Waals surface area (Å²) in [5.41, 5.74) is 0.899. The van der Waals surface area contributed by atoms with Crippen molar-refractivity contribution in [1.82, 2.24) is 20.4 Å². The largest absolute Gasteiger partial charge is 0.334 e. The molecule has 0 saturated carbocycles. The van der Waals surface area contributed by atoms with Crippen LogP contribution in [0, 0.1) is 5.82 Å². The van der Waals surface area contributed by atoms with E-state index in [9.17, 15) is 14.0 Å². The third-order valence-electron chi connectivity index (χ3n) is 6.20. The van der Waals surface area contributed by atoms with Gasteiger partial charge in [-0.1, -0.05) is 12.1 Å². The number of halogens is 1. The highest BCUT2D eigenvalue weighted by Crippen LogP contribution is 2.26. The van der Waals surface area contributed by atoms with Crippen molar-refractivity contribution >= 4 is 11.9 Å². The predicted molar refractivity (Wildman–Crippen MR) is 99.6 cm³/mol. The SMILES string of the molecule is CC(c1ccc(F)cc1)N1CCCC(NC(=O)N2CC3CCC2CN3)C1=O. The zero-order valence-electron chi connectivity index (χ0n) is 15.7. The summed E-state index contributed by atoms with van der Waals surface area (Å²) < 4.78 is 13.2. The second-order valence-electron chi connectivity index (χ2n) is 7.89. The van der Waals surface area contributed by atoms with Crippen LogP contribution in [0.1, 0.15) is 44.2 Å². The molecule has 0 spiro atoms. The van der Waals surface area contributed by atoms with Gasteiger partial charge in [0.1, 0.15) is 11.9 Å². The van der Waals surface area contributed by atoms with Crippen molar-refractivity contribution in [3.63, 3.8) is 0 Å². The van der Waals surface area contributed by atoms with Crippen molar-refractivity contribution in [2.24, 2.45) is 0 Å². The molecule has 146 valence electrons. The molecular formula is C20H27FN4O2. The number of piperazine rings is 1. The molecule has 4 unspecified atom stereocenters. The van der Waals surface area contributed by atoms with Crippen LogP contribution >= 0.6 is 0 Å². The maximum absolute atomic E-state index is 13.2. The van der Waals surface area contributed by atoms with Crippen LogP contribution in [0.25, 0.3) is 0 Å². The third kappa shape index (κ3) is 3.65. The molecule has 4 saturated heterocycles. The second kappa shape index (κ2) is 7.46. The standard InChI is InChI=1S/C20H27FN4O2/c1-13(14-4-6-15(21)7-5-14)24-10-2-3-18(19(24)26)23-20(27)25-12-16-8-9-17(25)11-22-16/h4-7,13,16-18,22H,2-3,8-12H2,1H3,(H,23,27). The average Bonchev–Trinajstić information content (AvgIpc) is 2.70. The van der Waals surface area contributed by atoms with E-state index in [0.717, 1.165) is 31.4 Å². The van der Waals surface area contributed by atoms with E-state index in [4.69, 9.17) is 0 Å². The van der Waals surface area contributed by atoms with E-state index < -0.39 is 6.04 Å². The monoisotopic (exact) mass is 374 g/mol. The number of hydrogen-bond acceptors (Lipinski definition) is 3. The lowest BCUT2D eigenvalue weighted by molar-refractivity contribution is -0.138. The van der Waals surface area contributed by atoms with Crippen LogP contribution in [0.2, 0.25) is 0 Å². The van der Waals surface area contributed by atoms with Crippen LogP contribution in [0.4, 0.5) is 9.18 Å². The molecule has 7 heteroatoms. The fourth-order valence-electron chi connectivity index (χ4n) is 4.53. The van der Waals surface area contributed by atoms with Crippen molar-refractivity contribution in [3.8, 4) is 0 Å². The topological polar surface area (TPSA) is 64.7 Å². The Bertz CT molecular complexity index is 702. The van der Waals surface area contributed by atoms with Crippen LogP contribution in [0.15, 0.2) is 24.3 Å². The minimum atomic E-state index is -0.484. The summed E-state index contributed by atoms with van der Waals surface area (Å²) in [6, 6.07) is 6.11. The van der Waals surface area contributed by atoms with Gasteiger partial charge in [0.05, 0.1) is 6.04 Å². The van der Waals surface area contributed by atoms with Crippen LogP contribution in [-0.2, 0) is 4.79 Å². The van der Waals surface area contributed by atoms with E-state index in [1.54, 1.807) is 17.0 Å². The molecule has 27 heavy (non-hydrogen) atoms. The van der Waals surface area contributed by atoms with Crippen molar-refractivity contribution < 1.29 is 14.0 Å². The molecule has 5 rings (SSSR count). The van der Waals surface area contributed by atoms with Gasteiger partial charge in [-0.3, -0.25) is 4.79 Å². The predicted octanol–water partition coefficient (Wildman–Crippen LogP) is 2.02. The van der Waals surface area contributed by atoms with Crippen LogP contribution < -0.4 is 10.6 Å². The first kappa shape index (κ1) is 18.2. The molecule has 2 N–H and O–H groups in total. The molecule has 4 heterocycles. The normalized spacial score (nSPS) is 29.0. The molecule has 2 bridgehead atoms. The molecular weight excluding hydrogens is 347 g/mol. The van der Waals surface area contributed by atoms with E-state index in [-0.39, 0.29) is 29.8 Å². The first-order valence-corrected chi connectivity index (χ1v) is 9.89.